The Balaban J connectivity index is 4.08. The third kappa shape index (κ3) is 4.55. The number of hydrogen-bond donors (Lipinski definition) is 2. The lowest BCUT2D eigenvalue weighted by molar-refractivity contribution is -0.132. The summed E-state index contributed by atoms with van der Waals surface area (Å²) in [6.45, 7) is 1.86. The molecule has 0 aliphatic rings. The van der Waals surface area contributed by atoms with Gasteiger partial charge in [0.2, 0.25) is 0 Å². The fourth-order valence-corrected chi connectivity index (χ4v) is 1.36. The minimum Gasteiger partial charge on any atom is -0.477 e. The molecule has 64 valence electrons. The van der Waals surface area contributed by atoms with Gasteiger partial charge in [-0.2, -0.15) is 0 Å². The van der Waals surface area contributed by atoms with E-state index in [1.807, 2.05) is 6.92 Å². The fourth-order valence-electron chi connectivity index (χ4n) is 0.452. The SMILES string of the molecule is CCCS(=O)C=C(N)C(=O)O. The maximum Gasteiger partial charge on any atom is 0.352 e. The second-order valence-corrected chi connectivity index (χ2v) is 3.37. The van der Waals surface area contributed by atoms with E-state index in [2.05, 4.69) is 0 Å². The number of carboxylic acid groups (broad SMARTS) is 1. The quantitative estimate of drug-likeness (QED) is 0.594. The minimum atomic E-state index is -1.24. The Morgan fingerprint density at radius 2 is 2.27 bits per heavy atom. The molecular weight excluding hydrogens is 166 g/mol. The number of nitrogens with two attached hydrogens (primary N) is 1. The third-order valence-electron chi connectivity index (χ3n) is 0.911. The van der Waals surface area contributed by atoms with Gasteiger partial charge in [0, 0.05) is 22.0 Å². The maximum absolute atomic E-state index is 10.8. The summed E-state index contributed by atoms with van der Waals surface area (Å²) in [7, 11) is -1.24. The monoisotopic (exact) mass is 177 g/mol. The predicted octanol–water partition coefficient (Wildman–Crippen LogP) is 0.0298. The Morgan fingerprint density at radius 1 is 1.73 bits per heavy atom. The van der Waals surface area contributed by atoms with Crippen LogP contribution in [0.1, 0.15) is 13.3 Å². The van der Waals surface area contributed by atoms with E-state index in [0.717, 1.165) is 11.8 Å². The molecule has 0 aromatic heterocycles. The Hall–Kier alpha value is -0.840. The molecule has 0 bridgehead atoms. The van der Waals surface area contributed by atoms with E-state index in [0.29, 0.717) is 5.75 Å². The predicted molar refractivity (Wildman–Crippen MR) is 43.2 cm³/mol. The number of carboxylic acids is 1. The second kappa shape index (κ2) is 4.90. The summed E-state index contributed by atoms with van der Waals surface area (Å²) in [6, 6.07) is 0. The summed E-state index contributed by atoms with van der Waals surface area (Å²) in [5.41, 5.74) is 4.67. The van der Waals surface area contributed by atoms with E-state index in [1.54, 1.807) is 0 Å². The van der Waals surface area contributed by atoms with E-state index >= 15 is 0 Å². The molecule has 11 heavy (non-hydrogen) atoms. The van der Waals surface area contributed by atoms with Gasteiger partial charge in [0.15, 0.2) is 0 Å². The van der Waals surface area contributed by atoms with Crippen LogP contribution in [0.25, 0.3) is 0 Å². The van der Waals surface area contributed by atoms with Crippen molar-refractivity contribution < 1.29 is 14.1 Å². The lowest BCUT2D eigenvalue weighted by atomic mass is 10.5. The zero-order valence-electron chi connectivity index (χ0n) is 6.24. The average Bonchev–Trinajstić information content (AvgIpc) is 1.87. The normalized spacial score (nSPS) is 14.5. The highest BCUT2D eigenvalue weighted by Crippen LogP contribution is 1.92. The second-order valence-electron chi connectivity index (χ2n) is 1.96. The first-order valence-corrected chi connectivity index (χ1v) is 4.54. The van der Waals surface area contributed by atoms with Gasteiger partial charge >= 0.3 is 5.97 Å². The topological polar surface area (TPSA) is 80.4 Å². The summed E-state index contributed by atoms with van der Waals surface area (Å²) in [4.78, 5) is 10.1. The van der Waals surface area contributed by atoms with Crippen LogP contribution in [0.5, 0.6) is 0 Å². The number of rotatable bonds is 4. The molecule has 0 aromatic carbocycles. The highest BCUT2D eigenvalue weighted by Gasteiger charge is 2.02. The maximum atomic E-state index is 10.8. The number of hydrogen-bond acceptors (Lipinski definition) is 3. The van der Waals surface area contributed by atoms with Crippen LogP contribution in [-0.4, -0.2) is 21.0 Å². The first-order chi connectivity index (χ1) is 5.07. The molecule has 0 radical (unpaired) electrons. The van der Waals surface area contributed by atoms with Gasteiger partial charge in [0.05, 0.1) is 0 Å². The van der Waals surface area contributed by atoms with E-state index < -0.39 is 16.8 Å². The Morgan fingerprint density at radius 3 is 2.64 bits per heavy atom. The van der Waals surface area contributed by atoms with Crippen LogP contribution in [0.4, 0.5) is 0 Å². The zero-order valence-corrected chi connectivity index (χ0v) is 7.06. The fraction of sp³-hybridized carbons (Fsp3) is 0.500. The van der Waals surface area contributed by atoms with Crippen LogP contribution < -0.4 is 5.73 Å². The molecule has 0 amide bonds. The Bertz CT molecular complexity index is 200. The summed E-state index contributed by atoms with van der Waals surface area (Å²) >= 11 is 0. The largest absolute Gasteiger partial charge is 0.477 e. The molecule has 0 heterocycles. The lowest BCUT2D eigenvalue weighted by Gasteiger charge is -1.93. The molecule has 0 aliphatic carbocycles. The van der Waals surface area contributed by atoms with E-state index in [9.17, 15) is 9.00 Å². The Kier molecular flexibility index (Phi) is 4.52. The minimum absolute atomic E-state index is 0.350. The molecule has 1 atom stereocenters. The van der Waals surface area contributed by atoms with Gasteiger partial charge in [-0.15, -0.1) is 0 Å². The van der Waals surface area contributed by atoms with Gasteiger partial charge in [-0.3, -0.25) is 4.21 Å². The highest BCUT2D eigenvalue weighted by molar-refractivity contribution is 7.88. The van der Waals surface area contributed by atoms with Crippen molar-refractivity contribution in [3.63, 3.8) is 0 Å². The molecule has 0 aliphatic heterocycles. The van der Waals surface area contributed by atoms with Crippen LogP contribution in [0.2, 0.25) is 0 Å². The summed E-state index contributed by atoms with van der Waals surface area (Å²) in [6.07, 6.45) is 0.746. The van der Waals surface area contributed by atoms with Crippen molar-refractivity contribution in [3.05, 3.63) is 11.1 Å². The average molecular weight is 177 g/mol. The summed E-state index contributed by atoms with van der Waals surface area (Å²) in [5.74, 6) is -0.775. The standard InChI is InChI=1S/C6H11NO3S/c1-2-3-11(10)4-5(7)6(8)9/h4H,2-3,7H2,1H3,(H,8,9). The van der Waals surface area contributed by atoms with Crippen molar-refractivity contribution in [1.29, 1.82) is 0 Å². The molecule has 5 heteroatoms. The summed E-state index contributed by atoms with van der Waals surface area (Å²) < 4.78 is 10.8. The summed E-state index contributed by atoms with van der Waals surface area (Å²) in [5, 5.41) is 9.33. The Labute approximate surface area is 67.5 Å². The molecule has 0 fully saturated rings. The van der Waals surface area contributed by atoms with E-state index in [4.69, 9.17) is 10.8 Å². The molecule has 0 spiro atoms. The van der Waals surface area contributed by atoms with Crippen LogP contribution >= 0.6 is 0 Å². The molecule has 0 saturated carbocycles. The van der Waals surface area contributed by atoms with Gasteiger partial charge in [-0.1, -0.05) is 6.92 Å². The van der Waals surface area contributed by atoms with Gasteiger partial charge in [-0.25, -0.2) is 4.79 Å². The van der Waals surface area contributed by atoms with Crippen molar-refractivity contribution in [3.8, 4) is 0 Å². The van der Waals surface area contributed by atoms with Gasteiger partial charge in [-0.05, 0) is 6.42 Å². The highest BCUT2D eigenvalue weighted by atomic mass is 32.2. The van der Waals surface area contributed by atoms with Gasteiger partial charge in [0.25, 0.3) is 0 Å². The molecule has 3 N–H and O–H groups in total. The third-order valence-corrected chi connectivity index (χ3v) is 2.24. The van der Waals surface area contributed by atoms with Crippen molar-refractivity contribution in [2.45, 2.75) is 13.3 Å². The van der Waals surface area contributed by atoms with Crippen LogP contribution in [0.3, 0.4) is 0 Å². The molecular formula is C6H11NO3S. The van der Waals surface area contributed by atoms with Crippen LogP contribution in [0.15, 0.2) is 11.1 Å². The molecule has 1 unspecified atom stereocenters. The van der Waals surface area contributed by atoms with Crippen molar-refractivity contribution >= 4 is 16.8 Å². The number of aliphatic carboxylic acids is 1. The van der Waals surface area contributed by atoms with E-state index in [1.165, 1.54) is 0 Å². The lowest BCUT2D eigenvalue weighted by Crippen LogP contribution is -2.11. The molecule has 0 rings (SSSR count). The molecule has 0 saturated heterocycles. The van der Waals surface area contributed by atoms with Crippen LogP contribution in [0, 0.1) is 0 Å². The first kappa shape index (κ1) is 10.2. The first-order valence-electron chi connectivity index (χ1n) is 3.15. The van der Waals surface area contributed by atoms with Crippen LogP contribution in [-0.2, 0) is 15.6 Å². The number of carbonyl (C=O) groups is 1. The van der Waals surface area contributed by atoms with Crippen molar-refractivity contribution in [1.82, 2.24) is 0 Å². The van der Waals surface area contributed by atoms with Gasteiger partial charge in [0.1, 0.15) is 5.70 Å². The molecule has 4 nitrogen and oxygen atoms in total. The van der Waals surface area contributed by atoms with Crippen molar-refractivity contribution in [2.24, 2.45) is 5.73 Å². The van der Waals surface area contributed by atoms with E-state index in [-0.39, 0.29) is 5.70 Å². The molecule has 0 aromatic rings. The smallest absolute Gasteiger partial charge is 0.352 e. The zero-order chi connectivity index (χ0) is 8.85. The van der Waals surface area contributed by atoms with Crippen molar-refractivity contribution in [2.75, 3.05) is 5.75 Å². The van der Waals surface area contributed by atoms with Gasteiger partial charge < -0.3 is 10.8 Å².